The second-order valence-electron chi connectivity index (χ2n) is 7.21. The van der Waals surface area contributed by atoms with Crippen LogP contribution in [0.5, 0.6) is 0 Å². The molecule has 1 nitrogen and oxygen atoms in total. The largest absolute Gasteiger partial charge is 0.309 e. The third-order valence-electron chi connectivity index (χ3n) is 4.54. The van der Waals surface area contributed by atoms with Gasteiger partial charge in [0.1, 0.15) is 0 Å². The van der Waals surface area contributed by atoms with Gasteiger partial charge in [0.2, 0.25) is 0 Å². The molecule has 0 radical (unpaired) electrons. The van der Waals surface area contributed by atoms with Crippen LogP contribution in [0, 0.1) is 0 Å². The topological polar surface area (TPSA) is 3.24 Å². The van der Waals surface area contributed by atoms with E-state index in [-0.39, 0.29) is 0 Å². The fourth-order valence-electron chi connectivity index (χ4n) is 2.91. The van der Waals surface area contributed by atoms with Crippen molar-refractivity contribution in [1.82, 2.24) is 4.90 Å². The summed E-state index contributed by atoms with van der Waals surface area (Å²) in [7, 11) is 2.96. The van der Waals surface area contributed by atoms with Crippen molar-refractivity contribution in [3.63, 3.8) is 0 Å². The van der Waals surface area contributed by atoms with E-state index in [9.17, 15) is 0 Å². The lowest BCUT2D eigenvalue weighted by atomic mass is 10.00. The lowest BCUT2D eigenvalue weighted by Crippen LogP contribution is -2.41. The molecule has 0 aliphatic carbocycles. The van der Waals surface area contributed by atoms with Crippen molar-refractivity contribution in [2.45, 2.75) is 25.6 Å². The summed E-state index contributed by atoms with van der Waals surface area (Å²) in [5, 5.41) is 1.54. The maximum Gasteiger partial charge on any atom is 0.0806 e. The van der Waals surface area contributed by atoms with E-state index in [1.807, 2.05) is 6.07 Å². The minimum atomic E-state index is -1.34. The first-order valence-corrected chi connectivity index (χ1v) is 11.6. The van der Waals surface area contributed by atoms with E-state index >= 15 is 0 Å². The van der Waals surface area contributed by atoms with E-state index in [4.69, 9.17) is 0 Å². The molecular weight excluding hydrogens is 294 g/mol. The molecule has 0 bridgehead atoms. The Kier molecular flexibility index (Phi) is 5.97. The highest BCUT2D eigenvalue weighted by atomic mass is 28.3. The van der Waals surface area contributed by atoms with Crippen molar-refractivity contribution in [1.29, 1.82) is 0 Å². The summed E-state index contributed by atoms with van der Waals surface area (Å²) in [4.78, 5) is 2.28. The molecule has 0 spiro atoms. The van der Waals surface area contributed by atoms with Gasteiger partial charge in [-0.3, -0.25) is 0 Å². The van der Waals surface area contributed by atoms with E-state index in [1.165, 1.54) is 30.1 Å². The Morgan fingerprint density at radius 3 is 2.04 bits per heavy atom. The van der Waals surface area contributed by atoms with Crippen molar-refractivity contribution in [2.24, 2.45) is 0 Å². The summed E-state index contributed by atoms with van der Waals surface area (Å²) < 4.78 is 0. The normalized spacial score (nSPS) is 11.7. The van der Waals surface area contributed by atoms with Crippen molar-refractivity contribution in [2.75, 3.05) is 20.6 Å². The van der Waals surface area contributed by atoms with Crippen molar-refractivity contribution < 1.29 is 0 Å². The summed E-state index contributed by atoms with van der Waals surface area (Å²) in [5.41, 5.74) is 3.52. The molecule has 0 aliphatic heterocycles. The van der Waals surface area contributed by atoms with Gasteiger partial charge in [0.15, 0.2) is 0 Å². The fraction of sp³-hybridized carbons (Fsp3) is 0.333. The smallest absolute Gasteiger partial charge is 0.0806 e. The summed E-state index contributed by atoms with van der Waals surface area (Å²) in [6.45, 7) is 10.4. The van der Waals surface area contributed by atoms with Gasteiger partial charge < -0.3 is 4.90 Å². The van der Waals surface area contributed by atoms with Gasteiger partial charge in [-0.1, -0.05) is 85.5 Å². The van der Waals surface area contributed by atoms with Crippen LogP contribution in [0.1, 0.15) is 17.5 Å². The van der Waals surface area contributed by atoms with Gasteiger partial charge in [-0.2, -0.15) is 0 Å². The number of nitrogens with zero attached hydrogens (tertiary/aromatic N) is 1. The highest BCUT2D eigenvalue weighted by Crippen LogP contribution is 2.21. The zero-order valence-electron chi connectivity index (χ0n) is 15.0. The molecule has 0 N–H and O–H groups in total. The molecule has 2 aromatic rings. The van der Waals surface area contributed by atoms with Crippen LogP contribution in [-0.2, 0) is 0 Å². The Morgan fingerprint density at radius 2 is 1.48 bits per heavy atom. The van der Waals surface area contributed by atoms with Crippen LogP contribution < -0.4 is 5.19 Å². The molecule has 2 aromatic carbocycles. The summed E-state index contributed by atoms with van der Waals surface area (Å²) in [6, 6.07) is 20.9. The fourth-order valence-corrected chi connectivity index (χ4v) is 5.31. The van der Waals surface area contributed by atoms with Gasteiger partial charge in [0, 0.05) is 0 Å². The first kappa shape index (κ1) is 17.7. The average Bonchev–Trinajstić information content (AvgIpc) is 2.54. The predicted molar refractivity (Wildman–Crippen MR) is 106 cm³/mol. The summed E-state index contributed by atoms with van der Waals surface area (Å²) in [5.74, 6) is 0. The minimum absolute atomic E-state index is 1.10. The zero-order chi connectivity index (χ0) is 16.9. The SMILES string of the molecule is C=C(c1ccccc1)c1ccc([Si](C)(C)CCCN(C)C)cc1. The van der Waals surface area contributed by atoms with Crippen molar-refractivity contribution >= 4 is 18.8 Å². The van der Waals surface area contributed by atoms with Gasteiger partial charge in [0.05, 0.1) is 8.07 Å². The van der Waals surface area contributed by atoms with E-state index in [0.717, 1.165) is 5.57 Å². The van der Waals surface area contributed by atoms with Crippen LogP contribution in [-0.4, -0.2) is 33.6 Å². The quantitative estimate of drug-likeness (QED) is 0.672. The highest BCUT2D eigenvalue weighted by Gasteiger charge is 2.22. The Hall–Kier alpha value is -1.64. The van der Waals surface area contributed by atoms with Gasteiger partial charge >= 0.3 is 0 Å². The Bertz CT molecular complexity index is 627. The van der Waals surface area contributed by atoms with E-state index in [1.54, 1.807) is 5.19 Å². The second kappa shape index (κ2) is 7.76. The Morgan fingerprint density at radius 1 is 0.913 bits per heavy atom. The van der Waals surface area contributed by atoms with Crippen LogP contribution in [0.25, 0.3) is 5.57 Å². The van der Waals surface area contributed by atoms with Crippen LogP contribution >= 0.6 is 0 Å². The Balaban J connectivity index is 2.08. The highest BCUT2D eigenvalue weighted by molar-refractivity contribution is 6.89. The first-order chi connectivity index (χ1) is 10.9. The minimum Gasteiger partial charge on any atom is -0.309 e. The Labute approximate surface area is 142 Å². The van der Waals surface area contributed by atoms with Crippen molar-refractivity contribution in [3.8, 4) is 0 Å². The van der Waals surface area contributed by atoms with Crippen LogP contribution in [0.2, 0.25) is 19.1 Å². The van der Waals surface area contributed by atoms with Gasteiger partial charge in [-0.05, 0) is 43.8 Å². The number of hydrogen-bond donors (Lipinski definition) is 0. The maximum atomic E-state index is 4.26. The monoisotopic (exact) mass is 323 g/mol. The predicted octanol–water partition coefficient (Wildman–Crippen LogP) is 4.62. The van der Waals surface area contributed by atoms with Crippen LogP contribution in [0.3, 0.4) is 0 Å². The second-order valence-corrected chi connectivity index (χ2v) is 12.1. The molecule has 0 amide bonds. The lowest BCUT2D eigenvalue weighted by molar-refractivity contribution is 0.408. The third kappa shape index (κ3) is 4.92. The molecule has 23 heavy (non-hydrogen) atoms. The standard InChI is InChI=1S/C21H29NSi/c1-18(19-10-7-6-8-11-19)20-12-14-21(15-13-20)23(4,5)17-9-16-22(2)3/h6-8,10-15H,1,9,16-17H2,2-5H3. The zero-order valence-corrected chi connectivity index (χ0v) is 16.0. The van der Waals surface area contributed by atoms with E-state index in [2.05, 4.69) is 87.2 Å². The van der Waals surface area contributed by atoms with Gasteiger partial charge in [-0.25, -0.2) is 0 Å². The van der Waals surface area contributed by atoms with Crippen molar-refractivity contribution in [3.05, 3.63) is 72.3 Å². The number of benzene rings is 2. The maximum absolute atomic E-state index is 4.26. The van der Waals surface area contributed by atoms with Gasteiger partial charge in [-0.15, -0.1) is 0 Å². The molecule has 0 unspecified atom stereocenters. The molecule has 122 valence electrons. The van der Waals surface area contributed by atoms with E-state index < -0.39 is 8.07 Å². The lowest BCUT2D eigenvalue weighted by Gasteiger charge is -2.24. The summed E-state index contributed by atoms with van der Waals surface area (Å²) in [6.07, 6.45) is 1.28. The molecule has 0 saturated carbocycles. The molecule has 2 rings (SSSR count). The number of hydrogen-bond acceptors (Lipinski definition) is 1. The van der Waals surface area contributed by atoms with Crippen LogP contribution in [0.15, 0.2) is 61.2 Å². The molecule has 0 aromatic heterocycles. The van der Waals surface area contributed by atoms with E-state index in [0.29, 0.717) is 0 Å². The molecule has 0 aliphatic rings. The molecule has 0 atom stereocenters. The molecule has 0 fully saturated rings. The third-order valence-corrected chi connectivity index (χ3v) is 8.04. The molecule has 2 heteroatoms. The van der Waals surface area contributed by atoms with Crippen LogP contribution in [0.4, 0.5) is 0 Å². The molecule has 0 heterocycles. The molecular formula is C21H29NSi. The summed E-state index contributed by atoms with van der Waals surface area (Å²) >= 11 is 0. The number of rotatable bonds is 7. The molecule has 0 saturated heterocycles. The first-order valence-electron chi connectivity index (χ1n) is 8.40. The van der Waals surface area contributed by atoms with Gasteiger partial charge in [0.25, 0.3) is 0 Å². The average molecular weight is 324 g/mol.